The van der Waals surface area contributed by atoms with Crippen LogP contribution >= 0.6 is 0 Å². The smallest absolute Gasteiger partial charge is 0.433 e. The van der Waals surface area contributed by atoms with E-state index in [1.54, 1.807) is 40.4 Å². The molecule has 0 aliphatic carbocycles. The number of benzene rings is 2. The van der Waals surface area contributed by atoms with Gasteiger partial charge in [0.2, 0.25) is 0 Å². The molecular formula is C46H55BN2O9. The maximum atomic E-state index is 12.7. The fourth-order valence-electron chi connectivity index (χ4n) is 6.01. The molecule has 0 fully saturated rings. The normalized spacial score (nSPS) is 13.0. The summed E-state index contributed by atoms with van der Waals surface area (Å²) in [7, 11) is 4.92. The van der Waals surface area contributed by atoms with E-state index in [9.17, 15) is 4.79 Å². The third-order valence-electron chi connectivity index (χ3n) is 8.76. The van der Waals surface area contributed by atoms with Crippen LogP contribution in [0.25, 0.3) is 11.6 Å². The molecule has 11 nitrogen and oxygen atoms in total. The minimum atomic E-state index is -0.542. The SMILES string of the molecule is CCOC(=O)c1ccc(/C(=C2N=C(/C=C/c3ccc(OCCOCCOC)cc3)C=C/2C)c2c(C)cc(C)n2B(C#CCOCCOC)C#CCOCCOC)cc1. The van der Waals surface area contributed by atoms with Crippen molar-refractivity contribution in [2.24, 2.45) is 4.99 Å². The molecule has 4 rings (SSSR count). The number of carbonyl (C=O) groups excluding carboxylic acids is 1. The Bertz CT molecular complexity index is 1990. The van der Waals surface area contributed by atoms with E-state index in [0.717, 1.165) is 56.4 Å². The summed E-state index contributed by atoms with van der Waals surface area (Å²) in [6, 6.07) is 17.5. The van der Waals surface area contributed by atoms with E-state index in [0.29, 0.717) is 58.4 Å². The van der Waals surface area contributed by atoms with Crippen molar-refractivity contribution in [3.63, 3.8) is 0 Å². The lowest BCUT2D eigenvalue weighted by atomic mass is 9.63. The van der Waals surface area contributed by atoms with Crippen molar-refractivity contribution in [2.75, 3.05) is 94.0 Å². The second kappa shape index (κ2) is 25.2. The second-order valence-corrected chi connectivity index (χ2v) is 13.1. The molecule has 0 spiro atoms. The first-order chi connectivity index (χ1) is 28.3. The van der Waals surface area contributed by atoms with Crippen LogP contribution in [-0.4, -0.2) is 117 Å². The van der Waals surface area contributed by atoms with Crippen LogP contribution in [0.15, 0.2) is 83.0 Å². The fraction of sp³-hybridized carbons (Fsp3) is 0.391. The largest absolute Gasteiger partial charge is 0.491 e. The van der Waals surface area contributed by atoms with Gasteiger partial charge in [-0.05, 0) is 92.4 Å². The highest BCUT2D eigenvalue weighted by molar-refractivity contribution is 6.74. The molecule has 0 unspecified atom stereocenters. The van der Waals surface area contributed by atoms with Crippen LogP contribution in [0.5, 0.6) is 5.75 Å². The summed E-state index contributed by atoms with van der Waals surface area (Å²) in [4.78, 5) is 17.9. The highest BCUT2D eigenvalue weighted by Crippen LogP contribution is 2.37. The number of rotatable bonds is 22. The first kappa shape index (κ1) is 45.5. The molecule has 58 heavy (non-hydrogen) atoms. The van der Waals surface area contributed by atoms with E-state index in [2.05, 4.69) is 53.9 Å². The molecule has 0 amide bonds. The van der Waals surface area contributed by atoms with Crippen LogP contribution < -0.4 is 4.74 Å². The van der Waals surface area contributed by atoms with Crippen LogP contribution in [0.1, 0.15) is 52.3 Å². The lowest BCUT2D eigenvalue weighted by Crippen LogP contribution is -2.26. The Morgan fingerprint density at radius 3 is 1.93 bits per heavy atom. The van der Waals surface area contributed by atoms with Gasteiger partial charge in [0.1, 0.15) is 25.6 Å². The molecule has 0 radical (unpaired) electrons. The number of aromatic nitrogens is 1. The summed E-state index contributed by atoms with van der Waals surface area (Å²) in [6.07, 6.45) is 6.10. The second-order valence-electron chi connectivity index (χ2n) is 13.1. The number of carbonyl (C=O) groups is 1. The number of nitrogens with zero attached hydrogens (tertiary/aromatic N) is 2. The van der Waals surface area contributed by atoms with Gasteiger partial charge in [-0.3, -0.25) is 0 Å². The number of ether oxygens (including phenoxy) is 8. The molecule has 0 saturated carbocycles. The lowest BCUT2D eigenvalue weighted by Gasteiger charge is -2.19. The van der Waals surface area contributed by atoms with E-state index in [1.165, 1.54) is 0 Å². The number of hydrogen-bond donors (Lipinski definition) is 0. The average molecular weight is 791 g/mol. The monoisotopic (exact) mass is 790 g/mol. The Hall–Kier alpha value is -5.18. The number of hydrogen-bond acceptors (Lipinski definition) is 10. The molecule has 12 heteroatoms. The molecule has 0 atom stereocenters. The van der Waals surface area contributed by atoms with Crippen LogP contribution in [-0.2, 0) is 33.2 Å². The summed E-state index contributed by atoms with van der Waals surface area (Å²) < 4.78 is 45.3. The van der Waals surface area contributed by atoms with E-state index >= 15 is 0 Å². The van der Waals surface area contributed by atoms with E-state index < -0.39 is 6.85 Å². The van der Waals surface area contributed by atoms with Crippen molar-refractivity contribution in [1.29, 1.82) is 0 Å². The summed E-state index contributed by atoms with van der Waals surface area (Å²) in [5.41, 5.74) is 8.70. The van der Waals surface area contributed by atoms with Gasteiger partial charge in [-0.1, -0.05) is 42.2 Å². The Morgan fingerprint density at radius 2 is 1.33 bits per heavy atom. The minimum absolute atomic E-state index is 0.228. The third-order valence-corrected chi connectivity index (χ3v) is 8.76. The zero-order chi connectivity index (χ0) is 41.5. The van der Waals surface area contributed by atoms with Gasteiger partial charge in [0.05, 0.1) is 69.8 Å². The Balaban J connectivity index is 1.75. The van der Waals surface area contributed by atoms with Crippen LogP contribution in [0.2, 0.25) is 0 Å². The van der Waals surface area contributed by atoms with Gasteiger partial charge in [-0.25, -0.2) is 9.79 Å². The van der Waals surface area contributed by atoms with Gasteiger partial charge in [-0.15, -0.1) is 11.6 Å². The van der Waals surface area contributed by atoms with Crippen molar-refractivity contribution in [2.45, 2.75) is 27.7 Å². The molecule has 0 saturated heterocycles. The maximum Gasteiger partial charge on any atom is 0.433 e. The molecular weight excluding hydrogens is 735 g/mol. The number of esters is 1. The Morgan fingerprint density at radius 1 is 0.741 bits per heavy atom. The molecule has 0 bridgehead atoms. The number of aliphatic imine (C=N–C) groups is 1. The fourth-order valence-corrected chi connectivity index (χ4v) is 6.01. The zero-order valence-electron chi connectivity index (χ0n) is 34.9. The van der Waals surface area contributed by atoms with Crippen LogP contribution in [0.4, 0.5) is 0 Å². The summed E-state index contributed by atoms with van der Waals surface area (Å²) in [5, 5.41) is 0. The zero-order valence-corrected chi connectivity index (χ0v) is 34.9. The number of allylic oxidation sites excluding steroid dienone is 3. The standard InChI is InChI=1S/C46H55BN2O9/c1-8-57-46(50)40-16-14-39(15-17-40)43(44-35(2)34-41(48-44)18-11-38-12-19-42(20-13-38)58-32-31-56-30-27-53-7)45-36(3)33-37(4)49(45)47(21-9-23-54-28-25-51-5)22-10-24-55-29-26-52-6/h11-20,33-34H,8,23-32H2,1-7H3/b18-11+,44-43-. The molecule has 2 aromatic carbocycles. The number of methoxy groups -OCH3 is 3. The van der Waals surface area contributed by atoms with Crippen molar-refractivity contribution < 1.29 is 42.7 Å². The van der Waals surface area contributed by atoms with E-state index in [4.69, 9.17) is 42.9 Å². The summed E-state index contributed by atoms with van der Waals surface area (Å²) >= 11 is 0. The predicted octanol–water partition coefficient (Wildman–Crippen LogP) is 6.45. The van der Waals surface area contributed by atoms with E-state index in [-0.39, 0.29) is 25.8 Å². The summed E-state index contributed by atoms with van der Waals surface area (Å²) in [5.74, 6) is 13.5. The first-order valence-corrected chi connectivity index (χ1v) is 19.4. The summed E-state index contributed by atoms with van der Waals surface area (Å²) in [6.45, 7) is 12.0. The Kier molecular flexibility index (Phi) is 19.8. The topological polar surface area (TPSA) is 108 Å². The molecule has 1 aromatic heterocycles. The lowest BCUT2D eigenvalue weighted by molar-refractivity contribution is 0.0526. The van der Waals surface area contributed by atoms with Crippen molar-refractivity contribution in [1.82, 2.24) is 4.48 Å². The molecule has 1 aliphatic heterocycles. The van der Waals surface area contributed by atoms with Crippen molar-refractivity contribution in [3.8, 4) is 29.2 Å². The van der Waals surface area contributed by atoms with E-state index in [1.807, 2.05) is 55.5 Å². The minimum Gasteiger partial charge on any atom is -0.491 e. The van der Waals surface area contributed by atoms with Gasteiger partial charge in [0, 0.05) is 38.3 Å². The molecule has 0 N–H and O–H groups in total. The quantitative estimate of drug-likeness (QED) is 0.0492. The molecule has 1 aliphatic rings. The molecule has 306 valence electrons. The van der Waals surface area contributed by atoms with Crippen LogP contribution in [0.3, 0.4) is 0 Å². The van der Waals surface area contributed by atoms with Crippen molar-refractivity contribution >= 4 is 30.2 Å². The Labute approximate surface area is 344 Å². The average Bonchev–Trinajstić information content (AvgIpc) is 3.74. The third kappa shape index (κ3) is 14.0. The number of aryl methyl sites for hydroxylation is 2. The first-order valence-electron chi connectivity index (χ1n) is 19.4. The van der Waals surface area contributed by atoms with Crippen LogP contribution in [0, 0.1) is 37.3 Å². The highest BCUT2D eigenvalue weighted by atomic mass is 16.5. The highest BCUT2D eigenvalue weighted by Gasteiger charge is 2.27. The maximum absolute atomic E-state index is 12.7. The molecule has 3 aromatic rings. The predicted molar refractivity (Wildman–Crippen MR) is 229 cm³/mol. The van der Waals surface area contributed by atoms with Gasteiger partial charge in [-0.2, -0.15) is 0 Å². The van der Waals surface area contributed by atoms with Gasteiger partial charge in [0.15, 0.2) is 0 Å². The van der Waals surface area contributed by atoms with Crippen molar-refractivity contribution in [3.05, 3.63) is 112 Å². The van der Waals surface area contributed by atoms with Gasteiger partial charge in [0.25, 0.3) is 0 Å². The molecule has 2 heterocycles. The van der Waals surface area contributed by atoms with Gasteiger partial charge < -0.3 is 42.4 Å². The van der Waals surface area contributed by atoms with Gasteiger partial charge >= 0.3 is 12.8 Å².